The number of nitrogens with one attached hydrogen (secondary N) is 1. The number of hydrogen-bond acceptors (Lipinski definition) is 2. The van der Waals surface area contributed by atoms with Crippen molar-refractivity contribution in [3.8, 4) is 0 Å². The summed E-state index contributed by atoms with van der Waals surface area (Å²) in [7, 11) is 0. The minimum Gasteiger partial charge on any atom is -0.354 e. The average Bonchev–Trinajstić information content (AvgIpc) is 1.85. The highest BCUT2D eigenvalue weighted by molar-refractivity contribution is 7.99. The highest BCUT2D eigenvalue weighted by Gasteiger charge is 1.95. The molecule has 0 aliphatic carbocycles. The lowest BCUT2D eigenvalue weighted by atomic mass is 10.6. The number of carbonyl (C=O) groups is 1. The Balaban J connectivity index is 3.06. The number of thioether (sulfide) groups is 1. The minimum atomic E-state index is 0.0585. The van der Waals surface area contributed by atoms with Gasteiger partial charge < -0.3 is 5.32 Å². The van der Waals surface area contributed by atoms with Gasteiger partial charge >= 0.3 is 0 Å². The molecule has 0 aromatic heterocycles. The Kier molecular flexibility index (Phi) is 6.31. The van der Waals surface area contributed by atoms with Crippen LogP contribution in [0.3, 0.4) is 0 Å². The number of rotatable bonds is 4. The predicted octanol–water partition coefficient (Wildman–Crippen LogP) is 0.704. The number of hydrogen-bond donors (Lipinski definition) is 1. The highest BCUT2D eigenvalue weighted by atomic mass is 35.5. The third-order valence-electron chi connectivity index (χ3n) is 0.692. The van der Waals surface area contributed by atoms with Crippen LogP contribution in [0.5, 0.6) is 0 Å². The van der Waals surface area contributed by atoms with Gasteiger partial charge in [0.15, 0.2) is 0 Å². The molecule has 0 aliphatic heterocycles. The summed E-state index contributed by atoms with van der Waals surface area (Å²) in [5, 5.41) is 2.64. The Hall–Kier alpha value is 0.110. The lowest BCUT2D eigenvalue weighted by Crippen LogP contribution is -2.26. The molecule has 0 fully saturated rings. The largest absolute Gasteiger partial charge is 0.354 e. The fourth-order valence-electron chi connectivity index (χ4n) is 0.369. The van der Waals surface area contributed by atoms with Crippen LogP contribution >= 0.6 is 23.4 Å². The first-order valence-corrected chi connectivity index (χ1v) is 4.55. The smallest absolute Gasteiger partial charge is 0.230 e. The van der Waals surface area contributed by atoms with Gasteiger partial charge in [0.05, 0.1) is 5.75 Å². The number of amides is 1. The summed E-state index contributed by atoms with van der Waals surface area (Å²) >= 11 is 6.83. The zero-order valence-electron chi connectivity index (χ0n) is 5.32. The van der Waals surface area contributed by atoms with E-state index in [1.807, 2.05) is 6.26 Å². The van der Waals surface area contributed by atoms with E-state index in [-0.39, 0.29) is 5.91 Å². The molecule has 0 bridgehead atoms. The second-order valence-corrected chi connectivity index (χ2v) is 2.72. The van der Waals surface area contributed by atoms with E-state index in [9.17, 15) is 4.79 Å². The van der Waals surface area contributed by atoms with Gasteiger partial charge in [-0.2, -0.15) is 11.8 Å². The van der Waals surface area contributed by atoms with Gasteiger partial charge in [-0.25, -0.2) is 0 Å². The van der Waals surface area contributed by atoms with Gasteiger partial charge in [0.2, 0.25) is 5.91 Å². The molecule has 0 rings (SSSR count). The first kappa shape index (κ1) is 9.11. The Morgan fingerprint density at radius 2 is 2.44 bits per heavy atom. The van der Waals surface area contributed by atoms with Crippen LogP contribution in [0.15, 0.2) is 0 Å². The lowest BCUT2D eigenvalue weighted by Gasteiger charge is -1.98. The van der Waals surface area contributed by atoms with Crippen molar-refractivity contribution in [3.05, 3.63) is 0 Å². The molecule has 2 nitrogen and oxygen atoms in total. The Morgan fingerprint density at radius 1 is 1.78 bits per heavy atom. The molecule has 4 heteroatoms. The number of carbonyl (C=O) groups excluding carboxylic acids is 1. The quantitative estimate of drug-likeness (QED) is 0.625. The number of halogens is 1. The molecule has 0 atom stereocenters. The standard InChI is InChI=1S/C5H10ClNOS/c1-9-4-5(8)7-3-2-6/h2-4H2,1H3,(H,7,8). The van der Waals surface area contributed by atoms with Crippen LogP contribution in [-0.2, 0) is 4.79 Å². The van der Waals surface area contributed by atoms with E-state index in [0.29, 0.717) is 18.2 Å². The van der Waals surface area contributed by atoms with E-state index in [0.717, 1.165) is 0 Å². The van der Waals surface area contributed by atoms with Gasteiger partial charge in [-0.15, -0.1) is 11.6 Å². The molecule has 54 valence electrons. The summed E-state index contributed by atoms with van der Waals surface area (Å²) in [5.74, 6) is 1.07. The maximum Gasteiger partial charge on any atom is 0.230 e. The normalized spacial score (nSPS) is 9.11. The van der Waals surface area contributed by atoms with E-state index in [4.69, 9.17) is 11.6 Å². The van der Waals surface area contributed by atoms with Crippen LogP contribution < -0.4 is 5.32 Å². The molecule has 1 amide bonds. The first-order chi connectivity index (χ1) is 4.31. The van der Waals surface area contributed by atoms with Crippen molar-refractivity contribution in [2.45, 2.75) is 0 Å². The molecule has 0 unspecified atom stereocenters. The second kappa shape index (κ2) is 6.23. The minimum absolute atomic E-state index is 0.0585. The third kappa shape index (κ3) is 5.99. The van der Waals surface area contributed by atoms with Crippen LogP contribution in [0.2, 0.25) is 0 Å². The van der Waals surface area contributed by atoms with Crippen LogP contribution in [0.1, 0.15) is 0 Å². The van der Waals surface area contributed by atoms with E-state index in [1.54, 1.807) is 0 Å². The summed E-state index contributed by atoms with van der Waals surface area (Å²) in [6, 6.07) is 0. The topological polar surface area (TPSA) is 29.1 Å². The zero-order chi connectivity index (χ0) is 7.11. The van der Waals surface area contributed by atoms with Gasteiger partial charge in [-0.1, -0.05) is 0 Å². The monoisotopic (exact) mass is 167 g/mol. The molecule has 0 aromatic rings. The molecule has 0 saturated heterocycles. The van der Waals surface area contributed by atoms with Crippen LogP contribution in [-0.4, -0.2) is 30.3 Å². The van der Waals surface area contributed by atoms with Crippen molar-refractivity contribution in [1.82, 2.24) is 5.32 Å². The van der Waals surface area contributed by atoms with Crippen molar-refractivity contribution >= 4 is 29.3 Å². The van der Waals surface area contributed by atoms with Crippen molar-refractivity contribution in [2.75, 3.05) is 24.4 Å². The zero-order valence-corrected chi connectivity index (χ0v) is 6.89. The van der Waals surface area contributed by atoms with Gasteiger partial charge in [-0.3, -0.25) is 4.79 Å². The lowest BCUT2D eigenvalue weighted by molar-refractivity contribution is -0.118. The number of alkyl halides is 1. The fraction of sp³-hybridized carbons (Fsp3) is 0.800. The van der Waals surface area contributed by atoms with Gasteiger partial charge in [-0.05, 0) is 6.26 Å². The maximum absolute atomic E-state index is 10.6. The molecular weight excluding hydrogens is 158 g/mol. The molecule has 0 aromatic carbocycles. The van der Waals surface area contributed by atoms with E-state index < -0.39 is 0 Å². The van der Waals surface area contributed by atoms with Crippen molar-refractivity contribution in [2.24, 2.45) is 0 Å². The van der Waals surface area contributed by atoms with Crippen molar-refractivity contribution in [1.29, 1.82) is 0 Å². The molecule has 0 aliphatic rings. The fourth-order valence-corrected chi connectivity index (χ4v) is 0.828. The predicted molar refractivity (Wildman–Crippen MR) is 42.1 cm³/mol. The third-order valence-corrected chi connectivity index (χ3v) is 1.43. The first-order valence-electron chi connectivity index (χ1n) is 2.63. The molecule has 0 radical (unpaired) electrons. The van der Waals surface area contributed by atoms with Crippen LogP contribution in [0.4, 0.5) is 0 Å². The van der Waals surface area contributed by atoms with Crippen LogP contribution in [0, 0.1) is 0 Å². The summed E-state index contributed by atoms with van der Waals surface area (Å²) < 4.78 is 0. The molecule has 0 spiro atoms. The summed E-state index contributed by atoms with van der Waals surface area (Å²) in [5.41, 5.74) is 0. The Morgan fingerprint density at radius 3 is 2.89 bits per heavy atom. The second-order valence-electron chi connectivity index (χ2n) is 1.47. The van der Waals surface area contributed by atoms with Crippen molar-refractivity contribution < 1.29 is 4.79 Å². The SMILES string of the molecule is CSCC(=O)NCCCl. The van der Waals surface area contributed by atoms with Gasteiger partial charge in [0, 0.05) is 12.4 Å². The molecule has 0 saturated carbocycles. The average molecular weight is 168 g/mol. The van der Waals surface area contributed by atoms with E-state index in [2.05, 4.69) is 5.32 Å². The van der Waals surface area contributed by atoms with Gasteiger partial charge in [0.25, 0.3) is 0 Å². The molecular formula is C5H10ClNOS. The Labute approximate surface area is 64.3 Å². The maximum atomic E-state index is 10.6. The molecule has 0 heterocycles. The van der Waals surface area contributed by atoms with Gasteiger partial charge in [0.1, 0.15) is 0 Å². The Bertz CT molecular complexity index is 89.0. The summed E-state index contributed by atoms with van der Waals surface area (Å²) in [6.07, 6.45) is 1.89. The summed E-state index contributed by atoms with van der Waals surface area (Å²) in [4.78, 5) is 10.6. The van der Waals surface area contributed by atoms with Crippen molar-refractivity contribution in [3.63, 3.8) is 0 Å². The van der Waals surface area contributed by atoms with E-state index in [1.165, 1.54) is 11.8 Å². The summed E-state index contributed by atoms with van der Waals surface area (Å²) in [6.45, 7) is 0.570. The molecule has 1 N–H and O–H groups in total. The highest BCUT2D eigenvalue weighted by Crippen LogP contribution is 1.88. The van der Waals surface area contributed by atoms with E-state index >= 15 is 0 Å². The molecule has 9 heavy (non-hydrogen) atoms. The van der Waals surface area contributed by atoms with Crippen LogP contribution in [0.25, 0.3) is 0 Å².